The van der Waals surface area contributed by atoms with Crippen LogP contribution in [0.1, 0.15) is 41.0 Å². The number of rotatable bonds is 1. The smallest absolute Gasteiger partial charge is 0.220 e. The number of nitrogens with zero attached hydrogens (tertiary/aromatic N) is 1. The van der Waals surface area contributed by atoms with Gasteiger partial charge in [0.05, 0.1) is 6.04 Å². The molecule has 80 valence electrons. The predicted octanol–water partition coefficient (Wildman–Crippen LogP) is 1.61. The molecule has 3 nitrogen and oxygen atoms in total. The number of Topliss-reactive ketones (excluding diaryl/α,β-unsaturated/α-hetero) is 1. The topological polar surface area (TPSA) is 37.4 Å². The molecule has 1 saturated heterocycles. The Kier molecular flexibility index (Phi) is 2.70. The minimum Gasteiger partial charge on any atom is -0.330 e. The molecule has 0 N–H and O–H groups in total. The second-order valence-electron chi connectivity index (χ2n) is 4.92. The normalized spacial score (nSPS) is 30.5. The molecule has 1 amide bonds. The zero-order valence-corrected chi connectivity index (χ0v) is 9.63. The largest absolute Gasteiger partial charge is 0.330 e. The standard InChI is InChI=1S/C11H19NO2/c1-7(13)10-6-11(4,5)8(2)12(10)9(3)14/h8,10H,6H2,1-5H3/t8?,10-/m0/s1. The summed E-state index contributed by atoms with van der Waals surface area (Å²) in [6.07, 6.45) is 0.781. The Balaban J connectivity index is 2.99. The van der Waals surface area contributed by atoms with Gasteiger partial charge in [-0.3, -0.25) is 9.59 Å². The molecule has 0 radical (unpaired) electrons. The van der Waals surface area contributed by atoms with Crippen molar-refractivity contribution in [2.75, 3.05) is 0 Å². The molecule has 1 heterocycles. The molecule has 1 aliphatic rings. The van der Waals surface area contributed by atoms with Crippen molar-refractivity contribution in [2.45, 2.75) is 53.1 Å². The molecular weight excluding hydrogens is 178 g/mol. The fourth-order valence-electron chi connectivity index (χ4n) is 2.25. The van der Waals surface area contributed by atoms with Gasteiger partial charge in [-0.2, -0.15) is 0 Å². The summed E-state index contributed by atoms with van der Waals surface area (Å²) in [6, 6.07) is -0.0635. The number of ketones is 1. The van der Waals surface area contributed by atoms with E-state index in [2.05, 4.69) is 13.8 Å². The third-order valence-electron chi connectivity index (χ3n) is 3.44. The van der Waals surface area contributed by atoms with Crippen LogP contribution in [0.25, 0.3) is 0 Å². The summed E-state index contributed by atoms with van der Waals surface area (Å²) < 4.78 is 0. The summed E-state index contributed by atoms with van der Waals surface area (Å²) in [7, 11) is 0. The molecule has 1 fully saturated rings. The van der Waals surface area contributed by atoms with Crippen LogP contribution in [0, 0.1) is 5.41 Å². The second kappa shape index (κ2) is 3.37. The molecule has 0 bridgehead atoms. The van der Waals surface area contributed by atoms with E-state index in [1.54, 1.807) is 11.8 Å². The van der Waals surface area contributed by atoms with Gasteiger partial charge in [-0.1, -0.05) is 13.8 Å². The summed E-state index contributed by atoms with van der Waals surface area (Å²) in [5.41, 5.74) is 0.0437. The van der Waals surface area contributed by atoms with Crippen LogP contribution in [-0.2, 0) is 9.59 Å². The summed E-state index contributed by atoms with van der Waals surface area (Å²) in [5, 5.41) is 0. The Morgan fingerprint density at radius 3 is 2.07 bits per heavy atom. The SMILES string of the molecule is CC(=O)[C@@H]1CC(C)(C)C(C)N1C(C)=O. The molecular formula is C11H19NO2. The summed E-state index contributed by atoms with van der Waals surface area (Å²) >= 11 is 0. The van der Waals surface area contributed by atoms with E-state index < -0.39 is 0 Å². The van der Waals surface area contributed by atoms with E-state index in [1.807, 2.05) is 6.92 Å². The fraction of sp³-hybridized carbons (Fsp3) is 0.818. The lowest BCUT2D eigenvalue weighted by atomic mass is 9.84. The van der Waals surface area contributed by atoms with Gasteiger partial charge >= 0.3 is 0 Å². The first-order valence-corrected chi connectivity index (χ1v) is 5.06. The van der Waals surface area contributed by atoms with Crippen molar-refractivity contribution in [1.29, 1.82) is 0 Å². The number of amides is 1. The molecule has 0 aliphatic carbocycles. The van der Waals surface area contributed by atoms with Crippen LogP contribution in [0.15, 0.2) is 0 Å². The minimum atomic E-state index is -0.211. The van der Waals surface area contributed by atoms with Crippen LogP contribution in [0.4, 0.5) is 0 Å². The Morgan fingerprint density at radius 1 is 1.29 bits per heavy atom. The van der Waals surface area contributed by atoms with Crippen molar-refractivity contribution in [3.8, 4) is 0 Å². The molecule has 2 atom stereocenters. The van der Waals surface area contributed by atoms with Crippen molar-refractivity contribution in [1.82, 2.24) is 4.90 Å². The summed E-state index contributed by atoms with van der Waals surface area (Å²) in [4.78, 5) is 24.6. The summed E-state index contributed by atoms with van der Waals surface area (Å²) in [6.45, 7) is 9.33. The molecule has 3 heteroatoms. The van der Waals surface area contributed by atoms with Crippen molar-refractivity contribution >= 4 is 11.7 Å². The van der Waals surface area contributed by atoms with E-state index in [0.717, 1.165) is 6.42 Å². The van der Waals surface area contributed by atoms with Crippen molar-refractivity contribution in [3.63, 3.8) is 0 Å². The zero-order chi connectivity index (χ0) is 11.1. The lowest BCUT2D eigenvalue weighted by molar-refractivity contribution is -0.137. The Labute approximate surface area is 85.5 Å². The maximum atomic E-state index is 11.4. The number of likely N-dealkylation sites (tertiary alicyclic amines) is 1. The second-order valence-corrected chi connectivity index (χ2v) is 4.92. The van der Waals surface area contributed by atoms with E-state index in [4.69, 9.17) is 0 Å². The minimum absolute atomic E-state index is 0.00303. The lowest BCUT2D eigenvalue weighted by Gasteiger charge is -2.29. The van der Waals surface area contributed by atoms with E-state index in [-0.39, 0.29) is 29.2 Å². The highest BCUT2D eigenvalue weighted by Crippen LogP contribution is 2.40. The zero-order valence-electron chi connectivity index (χ0n) is 9.63. The lowest BCUT2D eigenvalue weighted by Crippen LogP contribution is -2.43. The molecule has 0 aromatic heterocycles. The average molecular weight is 197 g/mol. The molecule has 1 rings (SSSR count). The highest BCUT2D eigenvalue weighted by atomic mass is 16.2. The molecule has 14 heavy (non-hydrogen) atoms. The van der Waals surface area contributed by atoms with Crippen LogP contribution in [-0.4, -0.2) is 28.7 Å². The highest BCUT2D eigenvalue weighted by molar-refractivity contribution is 5.87. The van der Waals surface area contributed by atoms with Gasteiger partial charge in [0, 0.05) is 13.0 Å². The van der Waals surface area contributed by atoms with E-state index in [9.17, 15) is 9.59 Å². The van der Waals surface area contributed by atoms with Gasteiger partial charge < -0.3 is 4.90 Å². The van der Waals surface area contributed by atoms with Crippen LogP contribution in [0.3, 0.4) is 0 Å². The van der Waals surface area contributed by atoms with Crippen LogP contribution in [0.5, 0.6) is 0 Å². The van der Waals surface area contributed by atoms with Gasteiger partial charge in [0.2, 0.25) is 5.91 Å². The summed E-state index contributed by atoms with van der Waals surface area (Å²) in [5.74, 6) is 0.0981. The predicted molar refractivity (Wildman–Crippen MR) is 54.8 cm³/mol. The van der Waals surface area contributed by atoms with Gasteiger partial charge in [0.15, 0.2) is 5.78 Å². The van der Waals surface area contributed by atoms with E-state index >= 15 is 0 Å². The maximum Gasteiger partial charge on any atom is 0.220 e. The molecule has 0 saturated carbocycles. The van der Waals surface area contributed by atoms with Gasteiger partial charge in [-0.25, -0.2) is 0 Å². The highest BCUT2D eigenvalue weighted by Gasteiger charge is 2.46. The van der Waals surface area contributed by atoms with Gasteiger partial charge in [-0.15, -0.1) is 0 Å². The van der Waals surface area contributed by atoms with Crippen LogP contribution >= 0.6 is 0 Å². The van der Waals surface area contributed by atoms with Gasteiger partial charge in [0.1, 0.15) is 0 Å². The Bertz CT molecular complexity index is 270. The fourth-order valence-corrected chi connectivity index (χ4v) is 2.25. The number of carbonyl (C=O) groups excluding carboxylic acids is 2. The van der Waals surface area contributed by atoms with E-state index in [0.29, 0.717) is 0 Å². The third kappa shape index (κ3) is 1.68. The number of hydrogen-bond donors (Lipinski definition) is 0. The van der Waals surface area contributed by atoms with Gasteiger partial charge in [-0.05, 0) is 25.7 Å². The van der Waals surface area contributed by atoms with Crippen molar-refractivity contribution in [2.24, 2.45) is 5.41 Å². The first kappa shape index (κ1) is 11.2. The first-order valence-electron chi connectivity index (χ1n) is 5.06. The van der Waals surface area contributed by atoms with Crippen LogP contribution < -0.4 is 0 Å². The van der Waals surface area contributed by atoms with Crippen molar-refractivity contribution < 1.29 is 9.59 Å². The molecule has 0 spiro atoms. The molecule has 1 aliphatic heterocycles. The number of hydrogen-bond acceptors (Lipinski definition) is 2. The number of carbonyl (C=O) groups is 2. The maximum absolute atomic E-state index is 11.4. The Morgan fingerprint density at radius 2 is 1.79 bits per heavy atom. The first-order chi connectivity index (χ1) is 6.27. The monoisotopic (exact) mass is 197 g/mol. The van der Waals surface area contributed by atoms with Crippen LogP contribution in [0.2, 0.25) is 0 Å². The van der Waals surface area contributed by atoms with Crippen molar-refractivity contribution in [3.05, 3.63) is 0 Å². The third-order valence-corrected chi connectivity index (χ3v) is 3.44. The molecule has 0 aromatic carbocycles. The molecule has 0 aromatic rings. The quantitative estimate of drug-likeness (QED) is 0.640. The average Bonchev–Trinajstić information content (AvgIpc) is 2.23. The molecule has 1 unspecified atom stereocenters. The van der Waals surface area contributed by atoms with E-state index in [1.165, 1.54) is 6.92 Å². The Hall–Kier alpha value is -0.860. The van der Waals surface area contributed by atoms with Gasteiger partial charge in [0.25, 0.3) is 0 Å².